The number of hydrogen-bond donors (Lipinski definition) is 1. The van der Waals surface area contributed by atoms with Gasteiger partial charge in [0.2, 0.25) is 0 Å². The Bertz CT molecular complexity index is 347. The van der Waals surface area contributed by atoms with E-state index in [1.165, 1.54) is 31.5 Å². The van der Waals surface area contributed by atoms with Gasteiger partial charge < -0.3 is 5.32 Å². The number of rotatable bonds is 5. The third-order valence-corrected chi connectivity index (χ3v) is 3.88. The molecule has 0 radical (unpaired) electrons. The first-order chi connectivity index (χ1) is 8.76. The Morgan fingerprint density at radius 1 is 1.44 bits per heavy atom. The van der Waals surface area contributed by atoms with Crippen LogP contribution in [0.3, 0.4) is 0 Å². The highest BCUT2D eigenvalue weighted by Gasteiger charge is 2.34. The fourth-order valence-corrected chi connectivity index (χ4v) is 3.08. The largest absolute Gasteiger partial charge is 0.319 e. The van der Waals surface area contributed by atoms with E-state index in [1.54, 1.807) is 0 Å². The molecular formula is C15H25N3. The van der Waals surface area contributed by atoms with Crippen LogP contribution in [0.4, 0.5) is 0 Å². The van der Waals surface area contributed by atoms with Gasteiger partial charge in [-0.1, -0.05) is 13.0 Å². The molecule has 0 saturated carbocycles. The van der Waals surface area contributed by atoms with E-state index in [9.17, 15) is 0 Å². The predicted octanol–water partition coefficient (Wildman–Crippen LogP) is 2.38. The maximum Gasteiger partial charge on any atom is 0.0404 e. The summed E-state index contributed by atoms with van der Waals surface area (Å²) in [5.74, 6) is 0.714. The van der Waals surface area contributed by atoms with Crippen LogP contribution in [0.5, 0.6) is 0 Å². The second-order valence-electron chi connectivity index (χ2n) is 5.32. The highest BCUT2D eigenvalue weighted by molar-refractivity contribution is 5.19. The van der Waals surface area contributed by atoms with Gasteiger partial charge in [-0.3, -0.25) is 9.88 Å². The summed E-state index contributed by atoms with van der Waals surface area (Å²) in [6.45, 7) is 7.82. The van der Waals surface area contributed by atoms with E-state index in [-0.39, 0.29) is 0 Å². The van der Waals surface area contributed by atoms with Crippen molar-refractivity contribution in [1.82, 2.24) is 15.2 Å². The monoisotopic (exact) mass is 247 g/mol. The van der Waals surface area contributed by atoms with E-state index in [2.05, 4.69) is 40.5 Å². The molecule has 1 saturated heterocycles. The molecule has 2 atom stereocenters. The molecule has 0 aromatic carbocycles. The summed E-state index contributed by atoms with van der Waals surface area (Å²) in [5, 5.41) is 3.34. The number of pyridine rings is 1. The van der Waals surface area contributed by atoms with E-state index >= 15 is 0 Å². The highest BCUT2D eigenvalue weighted by atomic mass is 15.2. The Balaban J connectivity index is 2.19. The van der Waals surface area contributed by atoms with Gasteiger partial charge in [0.1, 0.15) is 0 Å². The van der Waals surface area contributed by atoms with E-state index in [0.717, 1.165) is 12.2 Å². The van der Waals surface area contributed by atoms with Gasteiger partial charge in [-0.05, 0) is 64.0 Å². The molecule has 0 bridgehead atoms. The summed E-state index contributed by atoms with van der Waals surface area (Å²) in [7, 11) is 2.05. The zero-order valence-corrected chi connectivity index (χ0v) is 11.8. The summed E-state index contributed by atoms with van der Waals surface area (Å²) in [6.07, 6.45) is 4.58. The van der Waals surface area contributed by atoms with Crippen LogP contribution in [0.1, 0.15) is 37.1 Å². The topological polar surface area (TPSA) is 28.2 Å². The van der Waals surface area contributed by atoms with Crippen LogP contribution in [-0.2, 0) is 0 Å². The van der Waals surface area contributed by atoms with Gasteiger partial charge in [0, 0.05) is 17.9 Å². The van der Waals surface area contributed by atoms with Crippen LogP contribution in [0.25, 0.3) is 0 Å². The first-order valence-electron chi connectivity index (χ1n) is 7.07. The van der Waals surface area contributed by atoms with Gasteiger partial charge in [-0.15, -0.1) is 0 Å². The first kappa shape index (κ1) is 13.5. The van der Waals surface area contributed by atoms with E-state index in [1.807, 2.05) is 14.0 Å². The van der Waals surface area contributed by atoms with Crippen molar-refractivity contribution < 1.29 is 0 Å². The van der Waals surface area contributed by atoms with Crippen LogP contribution in [-0.4, -0.2) is 36.6 Å². The molecule has 1 aliphatic rings. The maximum absolute atomic E-state index is 4.47. The van der Waals surface area contributed by atoms with Crippen molar-refractivity contribution in [3.63, 3.8) is 0 Å². The average Bonchev–Trinajstić information content (AvgIpc) is 2.75. The van der Waals surface area contributed by atoms with Crippen molar-refractivity contribution in [3.8, 4) is 0 Å². The smallest absolute Gasteiger partial charge is 0.0404 e. The Kier molecular flexibility index (Phi) is 4.72. The van der Waals surface area contributed by atoms with Crippen molar-refractivity contribution in [2.45, 2.75) is 32.7 Å². The number of hydrogen-bond acceptors (Lipinski definition) is 3. The fraction of sp³-hybridized carbons (Fsp3) is 0.667. The van der Waals surface area contributed by atoms with Crippen LogP contribution in [0, 0.1) is 12.8 Å². The van der Waals surface area contributed by atoms with Crippen LogP contribution in [0.2, 0.25) is 0 Å². The molecule has 1 fully saturated rings. The van der Waals surface area contributed by atoms with Crippen molar-refractivity contribution >= 4 is 0 Å². The van der Waals surface area contributed by atoms with Crippen molar-refractivity contribution in [2.75, 3.05) is 26.7 Å². The Labute approximate surface area is 111 Å². The molecule has 18 heavy (non-hydrogen) atoms. The van der Waals surface area contributed by atoms with Crippen molar-refractivity contribution in [2.24, 2.45) is 5.92 Å². The van der Waals surface area contributed by atoms with Gasteiger partial charge in [-0.25, -0.2) is 0 Å². The molecule has 100 valence electrons. The highest BCUT2D eigenvalue weighted by Crippen LogP contribution is 2.36. The lowest BCUT2D eigenvalue weighted by molar-refractivity contribution is 0.227. The van der Waals surface area contributed by atoms with E-state index < -0.39 is 0 Å². The minimum atomic E-state index is 0.547. The molecule has 2 heterocycles. The lowest BCUT2D eigenvalue weighted by Crippen LogP contribution is -2.29. The summed E-state index contributed by atoms with van der Waals surface area (Å²) in [4.78, 5) is 7.09. The van der Waals surface area contributed by atoms with Crippen LogP contribution in [0.15, 0.2) is 18.3 Å². The number of aromatic nitrogens is 1. The summed E-state index contributed by atoms with van der Waals surface area (Å²) >= 11 is 0. The number of nitrogens with one attached hydrogen (secondary N) is 1. The molecular weight excluding hydrogens is 222 g/mol. The third kappa shape index (κ3) is 2.90. The van der Waals surface area contributed by atoms with Gasteiger partial charge in [-0.2, -0.15) is 0 Å². The second kappa shape index (κ2) is 6.30. The Hall–Kier alpha value is -0.930. The molecule has 1 aliphatic heterocycles. The molecule has 3 nitrogen and oxygen atoms in total. The summed E-state index contributed by atoms with van der Waals surface area (Å²) in [5.41, 5.74) is 2.48. The molecule has 1 aromatic heterocycles. The number of aryl methyl sites for hydroxylation is 1. The molecule has 1 N–H and O–H groups in total. The lowest BCUT2D eigenvalue weighted by atomic mass is 9.94. The first-order valence-corrected chi connectivity index (χ1v) is 7.07. The minimum absolute atomic E-state index is 0.547. The van der Waals surface area contributed by atoms with Crippen molar-refractivity contribution in [1.29, 1.82) is 0 Å². The lowest BCUT2D eigenvalue weighted by Gasteiger charge is -2.28. The standard InChI is InChI=1S/C15H25N3/c1-4-8-18-9-7-14(10-16-3)15(18)13-6-5-12(2)17-11-13/h5-6,11,14-16H,4,7-10H2,1-3H3. The predicted molar refractivity (Wildman–Crippen MR) is 75.6 cm³/mol. The normalized spacial score (nSPS) is 24.6. The number of likely N-dealkylation sites (tertiary alicyclic amines) is 1. The molecule has 0 spiro atoms. The average molecular weight is 247 g/mol. The van der Waals surface area contributed by atoms with Gasteiger partial charge in [0.05, 0.1) is 0 Å². The van der Waals surface area contributed by atoms with E-state index in [4.69, 9.17) is 0 Å². The third-order valence-electron chi connectivity index (χ3n) is 3.88. The molecule has 0 amide bonds. The molecule has 2 rings (SSSR count). The van der Waals surface area contributed by atoms with Gasteiger partial charge >= 0.3 is 0 Å². The van der Waals surface area contributed by atoms with Crippen LogP contribution >= 0.6 is 0 Å². The van der Waals surface area contributed by atoms with Crippen LogP contribution < -0.4 is 5.32 Å². The second-order valence-corrected chi connectivity index (χ2v) is 5.32. The number of nitrogens with zero attached hydrogens (tertiary/aromatic N) is 2. The molecule has 2 unspecified atom stereocenters. The quantitative estimate of drug-likeness (QED) is 0.866. The summed E-state index contributed by atoms with van der Waals surface area (Å²) in [6, 6.07) is 4.93. The fourth-order valence-electron chi connectivity index (χ4n) is 3.08. The maximum atomic E-state index is 4.47. The molecule has 1 aromatic rings. The zero-order chi connectivity index (χ0) is 13.0. The molecule has 3 heteroatoms. The summed E-state index contributed by atoms with van der Waals surface area (Å²) < 4.78 is 0. The van der Waals surface area contributed by atoms with Crippen molar-refractivity contribution in [3.05, 3.63) is 29.6 Å². The molecule has 0 aliphatic carbocycles. The Morgan fingerprint density at radius 3 is 2.89 bits per heavy atom. The zero-order valence-electron chi connectivity index (χ0n) is 11.8. The van der Waals surface area contributed by atoms with Gasteiger partial charge in [0.15, 0.2) is 0 Å². The SMILES string of the molecule is CCCN1CCC(CNC)C1c1ccc(C)nc1. The minimum Gasteiger partial charge on any atom is -0.319 e. The van der Waals surface area contributed by atoms with E-state index in [0.29, 0.717) is 12.0 Å². The Morgan fingerprint density at radius 2 is 2.28 bits per heavy atom. The van der Waals surface area contributed by atoms with Gasteiger partial charge in [0.25, 0.3) is 0 Å².